The standard InChI is InChI=1S/C15H11F3N4O4S/c16-13-5-9(22-8-20-15(19)21-22)6-14(17)12(13)7-25-10-1-3-11(4-2-10)26-27(18,23)24/h1-6,8H,7H2,(H2,19,21). The van der Waals surface area contributed by atoms with Crippen LogP contribution in [0.1, 0.15) is 5.56 Å². The predicted octanol–water partition coefficient (Wildman–Crippen LogP) is 2.30. The molecule has 3 rings (SSSR count). The molecule has 0 saturated carbocycles. The number of rotatable bonds is 6. The molecule has 0 amide bonds. The van der Waals surface area contributed by atoms with E-state index in [0.717, 1.165) is 28.9 Å². The van der Waals surface area contributed by atoms with Gasteiger partial charge in [0, 0.05) is 12.1 Å². The van der Waals surface area contributed by atoms with Gasteiger partial charge in [0.25, 0.3) is 0 Å². The second kappa shape index (κ2) is 7.15. The highest BCUT2D eigenvalue weighted by atomic mass is 32.3. The molecule has 0 unspecified atom stereocenters. The van der Waals surface area contributed by atoms with Gasteiger partial charge in [-0.1, -0.05) is 3.89 Å². The summed E-state index contributed by atoms with van der Waals surface area (Å²) in [5.74, 6) is -1.91. The number of hydrogen-bond donors (Lipinski definition) is 1. The van der Waals surface area contributed by atoms with Crippen LogP contribution in [0, 0.1) is 11.6 Å². The highest BCUT2D eigenvalue weighted by Gasteiger charge is 2.14. The van der Waals surface area contributed by atoms with Crippen molar-refractivity contribution >= 4 is 16.5 Å². The molecule has 0 radical (unpaired) electrons. The van der Waals surface area contributed by atoms with E-state index in [-0.39, 0.29) is 28.7 Å². The maximum absolute atomic E-state index is 14.2. The van der Waals surface area contributed by atoms with Crippen molar-refractivity contribution in [2.45, 2.75) is 6.61 Å². The number of nitrogens with zero attached hydrogens (tertiary/aromatic N) is 3. The van der Waals surface area contributed by atoms with Crippen LogP contribution in [-0.2, 0) is 17.1 Å². The average molecular weight is 400 g/mol. The van der Waals surface area contributed by atoms with E-state index in [9.17, 15) is 21.1 Å². The molecule has 1 heterocycles. The topological polar surface area (TPSA) is 109 Å². The molecule has 0 aliphatic rings. The Bertz CT molecular complexity index is 1050. The first kappa shape index (κ1) is 18.5. The van der Waals surface area contributed by atoms with E-state index in [1.807, 2.05) is 0 Å². The van der Waals surface area contributed by atoms with Crippen LogP contribution >= 0.6 is 0 Å². The highest BCUT2D eigenvalue weighted by molar-refractivity contribution is 7.81. The molecule has 0 atom stereocenters. The summed E-state index contributed by atoms with van der Waals surface area (Å²) in [5, 5.41) is 3.76. The van der Waals surface area contributed by atoms with Gasteiger partial charge in [-0.25, -0.2) is 18.4 Å². The minimum Gasteiger partial charge on any atom is -0.489 e. The first-order valence-corrected chi connectivity index (χ1v) is 8.54. The van der Waals surface area contributed by atoms with E-state index in [0.29, 0.717) is 0 Å². The molecule has 0 aliphatic heterocycles. The molecule has 2 aromatic carbocycles. The van der Waals surface area contributed by atoms with Crippen LogP contribution in [-0.4, -0.2) is 23.2 Å². The molecule has 1 aromatic heterocycles. The molecule has 0 spiro atoms. The lowest BCUT2D eigenvalue weighted by Crippen LogP contribution is -2.05. The molecule has 0 saturated heterocycles. The first-order valence-electron chi connectivity index (χ1n) is 7.23. The monoisotopic (exact) mass is 400 g/mol. The van der Waals surface area contributed by atoms with E-state index >= 15 is 0 Å². The minimum absolute atomic E-state index is 0.0452. The van der Waals surface area contributed by atoms with Crippen LogP contribution in [0.25, 0.3) is 5.69 Å². The van der Waals surface area contributed by atoms with Crippen molar-refractivity contribution < 1.29 is 30.0 Å². The van der Waals surface area contributed by atoms with Crippen molar-refractivity contribution in [2.24, 2.45) is 0 Å². The quantitative estimate of drug-likeness (QED) is 0.632. The van der Waals surface area contributed by atoms with Crippen molar-refractivity contribution in [1.82, 2.24) is 14.8 Å². The van der Waals surface area contributed by atoms with Crippen molar-refractivity contribution in [1.29, 1.82) is 0 Å². The van der Waals surface area contributed by atoms with Gasteiger partial charge in [0.1, 0.15) is 36.1 Å². The summed E-state index contributed by atoms with van der Waals surface area (Å²) >= 11 is 0. The van der Waals surface area contributed by atoms with Gasteiger partial charge < -0.3 is 14.7 Å². The number of nitrogen functional groups attached to an aromatic ring is 1. The number of aromatic nitrogens is 3. The van der Waals surface area contributed by atoms with Crippen LogP contribution in [0.3, 0.4) is 0 Å². The molecule has 142 valence electrons. The third-order valence-electron chi connectivity index (χ3n) is 3.30. The molecule has 0 bridgehead atoms. The molecule has 3 aromatic rings. The Hall–Kier alpha value is -3.28. The Morgan fingerprint density at radius 3 is 2.19 bits per heavy atom. The van der Waals surface area contributed by atoms with Crippen LogP contribution in [0.2, 0.25) is 0 Å². The van der Waals surface area contributed by atoms with Gasteiger partial charge in [0.05, 0.1) is 11.3 Å². The fraction of sp³-hybridized carbons (Fsp3) is 0.0667. The zero-order valence-corrected chi connectivity index (χ0v) is 14.2. The molecule has 0 fully saturated rings. The summed E-state index contributed by atoms with van der Waals surface area (Å²) in [6.45, 7) is -0.445. The molecular weight excluding hydrogens is 389 g/mol. The molecule has 27 heavy (non-hydrogen) atoms. The van der Waals surface area contributed by atoms with Gasteiger partial charge in [0.2, 0.25) is 5.95 Å². The lowest BCUT2D eigenvalue weighted by molar-refractivity contribution is 0.292. The van der Waals surface area contributed by atoms with Crippen molar-refractivity contribution in [2.75, 3.05) is 5.73 Å². The Morgan fingerprint density at radius 1 is 1.07 bits per heavy atom. The van der Waals surface area contributed by atoms with Gasteiger partial charge in [-0.2, -0.15) is 8.42 Å². The van der Waals surface area contributed by atoms with Gasteiger partial charge in [-0.05, 0) is 24.3 Å². The van der Waals surface area contributed by atoms with Gasteiger partial charge >= 0.3 is 10.5 Å². The fourth-order valence-corrected chi connectivity index (χ4v) is 2.46. The minimum atomic E-state index is -5.14. The zero-order chi connectivity index (χ0) is 19.6. The maximum atomic E-state index is 14.2. The third-order valence-corrected chi connectivity index (χ3v) is 3.69. The molecule has 2 N–H and O–H groups in total. The Kier molecular flexibility index (Phi) is 4.90. The lowest BCUT2D eigenvalue weighted by Gasteiger charge is -2.10. The van der Waals surface area contributed by atoms with Crippen molar-refractivity contribution in [3.05, 3.63) is 59.9 Å². The smallest absolute Gasteiger partial charge is 0.488 e. The number of nitrogens with two attached hydrogens (primary N) is 1. The Balaban J connectivity index is 1.72. The number of anilines is 1. The summed E-state index contributed by atoms with van der Waals surface area (Å²) < 4.78 is 72.0. The second-order valence-electron chi connectivity index (χ2n) is 5.17. The highest BCUT2D eigenvalue weighted by Crippen LogP contribution is 2.23. The molecular formula is C15H11F3N4O4S. The van der Waals surface area contributed by atoms with Crippen LogP contribution in [0.15, 0.2) is 42.7 Å². The summed E-state index contributed by atoms with van der Waals surface area (Å²) in [7, 11) is -5.14. The van der Waals surface area contributed by atoms with E-state index < -0.39 is 28.7 Å². The summed E-state index contributed by atoms with van der Waals surface area (Å²) in [6, 6.07) is 6.83. The molecule has 12 heteroatoms. The average Bonchev–Trinajstić information content (AvgIpc) is 3.00. The predicted molar refractivity (Wildman–Crippen MR) is 87.1 cm³/mol. The largest absolute Gasteiger partial charge is 0.489 e. The number of benzene rings is 2. The number of hydrogen-bond acceptors (Lipinski definition) is 7. The number of halogens is 3. The van der Waals surface area contributed by atoms with E-state index in [1.165, 1.54) is 18.5 Å². The Morgan fingerprint density at radius 2 is 1.67 bits per heavy atom. The number of ether oxygens (including phenoxy) is 1. The van der Waals surface area contributed by atoms with Gasteiger partial charge in [0.15, 0.2) is 0 Å². The molecule has 8 nitrogen and oxygen atoms in total. The first-order chi connectivity index (χ1) is 12.7. The second-order valence-corrected chi connectivity index (χ2v) is 6.12. The fourth-order valence-electron chi connectivity index (χ4n) is 2.12. The maximum Gasteiger partial charge on any atom is 0.488 e. The summed E-state index contributed by atoms with van der Waals surface area (Å²) in [6.07, 6.45) is 1.21. The van der Waals surface area contributed by atoms with Crippen molar-refractivity contribution in [3.63, 3.8) is 0 Å². The lowest BCUT2D eigenvalue weighted by atomic mass is 10.2. The van der Waals surface area contributed by atoms with Crippen LogP contribution in [0.4, 0.5) is 18.6 Å². The summed E-state index contributed by atoms with van der Waals surface area (Å²) in [4.78, 5) is 3.67. The normalized spacial score (nSPS) is 11.4. The zero-order valence-electron chi connectivity index (χ0n) is 13.3. The Labute approximate surface area is 151 Å². The van der Waals surface area contributed by atoms with Crippen LogP contribution in [0.5, 0.6) is 11.5 Å². The van der Waals surface area contributed by atoms with E-state index in [1.54, 1.807) is 0 Å². The SMILES string of the molecule is Nc1ncn(-c2cc(F)c(COc3ccc(OS(=O)(=O)F)cc3)c(F)c2)n1. The van der Waals surface area contributed by atoms with Crippen molar-refractivity contribution in [3.8, 4) is 17.2 Å². The summed E-state index contributed by atoms with van der Waals surface area (Å²) in [5.41, 5.74) is 5.12. The van der Waals surface area contributed by atoms with Crippen LogP contribution < -0.4 is 14.7 Å². The van der Waals surface area contributed by atoms with Gasteiger partial charge in [-0.3, -0.25) is 0 Å². The third kappa shape index (κ3) is 4.67. The van der Waals surface area contributed by atoms with E-state index in [2.05, 4.69) is 14.3 Å². The van der Waals surface area contributed by atoms with Gasteiger partial charge in [-0.15, -0.1) is 5.10 Å². The molecule has 0 aliphatic carbocycles. The van der Waals surface area contributed by atoms with E-state index in [4.69, 9.17) is 10.5 Å².